The van der Waals surface area contributed by atoms with Gasteiger partial charge in [-0.25, -0.2) is 9.97 Å². The summed E-state index contributed by atoms with van der Waals surface area (Å²) in [7, 11) is 0. The van der Waals surface area contributed by atoms with Gasteiger partial charge in [-0.15, -0.1) is 0 Å². The van der Waals surface area contributed by atoms with Crippen LogP contribution in [0.4, 0.5) is 5.82 Å². The first-order valence-corrected chi connectivity index (χ1v) is 10.9. The maximum Gasteiger partial charge on any atom is 0.259 e. The number of anilines is 1. The summed E-state index contributed by atoms with van der Waals surface area (Å²) >= 11 is 0. The third kappa shape index (κ3) is 4.27. The fourth-order valence-corrected chi connectivity index (χ4v) is 4.32. The molecular formula is C23H31N5O. The molecule has 1 aromatic carbocycles. The van der Waals surface area contributed by atoms with Crippen LogP contribution in [0.3, 0.4) is 0 Å². The summed E-state index contributed by atoms with van der Waals surface area (Å²) in [6.45, 7) is 9.98. The van der Waals surface area contributed by atoms with E-state index in [0.717, 1.165) is 63.5 Å². The minimum atomic E-state index is 0.0738. The number of amides is 1. The molecule has 0 radical (unpaired) electrons. The lowest BCUT2D eigenvalue weighted by molar-refractivity contribution is 0.0635. The summed E-state index contributed by atoms with van der Waals surface area (Å²) in [6.07, 6.45) is 5.09. The Kier molecular flexibility index (Phi) is 6.09. The molecule has 3 heterocycles. The number of rotatable bonds is 4. The smallest absolute Gasteiger partial charge is 0.259 e. The number of benzene rings is 1. The highest BCUT2D eigenvalue weighted by molar-refractivity contribution is 5.99. The minimum absolute atomic E-state index is 0.0738. The highest BCUT2D eigenvalue weighted by Gasteiger charge is 2.29. The molecule has 2 aliphatic rings. The number of likely N-dealkylation sites (tertiary alicyclic amines) is 1. The lowest BCUT2D eigenvalue weighted by Gasteiger charge is -2.37. The molecule has 0 N–H and O–H groups in total. The molecule has 1 amide bonds. The summed E-state index contributed by atoms with van der Waals surface area (Å²) in [4.78, 5) is 29.6. The van der Waals surface area contributed by atoms with Crippen LogP contribution in [0.15, 0.2) is 36.5 Å². The molecule has 6 nitrogen and oxygen atoms in total. The number of piperidine rings is 1. The molecule has 29 heavy (non-hydrogen) atoms. The third-order valence-corrected chi connectivity index (χ3v) is 6.21. The zero-order chi connectivity index (χ0) is 20.2. The minimum Gasteiger partial charge on any atom is -0.353 e. The largest absolute Gasteiger partial charge is 0.353 e. The Morgan fingerprint density at radius 1 is 1.07 bits per heavy atom. The van der Waals surface area contributed by atoms with Crippen LogP contribution in [-0.2, 0) is 0 Å². The van der Waals surface area contributed by atoms with E-state index in [1.54, 1.807) is 6.20 Å². The van der Waals surface area contributed by atoms with Crippen molar-refractivity contribution in [1.82, 2.24) is 19.8 Å². The van der Waals surface area contributed by atoms with Crippen molar-refractivity contribution in [3.63, 3.8) is 0 Å². The van der Waals surface area contributed by atoms with Gasteiger partial charge < -0.3 is 14.7 Å². The van der Waals surface area contributed by atoms with E-state index < -0.39 is 0 Å². The topological polar surface area (TPSA) is 52.6 Å². The first-order chi connectivity index (χ1) is 14.2. The van der Waals surface area contributed by atoms with Gasteiger partial charge in [0, 0.05) is 50.5 Å². The van der Waals surface area contributed by atoms with Crippen LogP contribution in [0.25, 0.3) is 11.4 Å². The molecule has 1 aromatic heterocycles. The quantitative estimate of drug-likeness (QED) is 0.798. The van der Waals surface area contributed by atoms with Crippen LogP contribution in [0.5, 0.6) is 0 Å². The number of piperazine rings is 1. The van der Waals surface area contributed by atoms with E-state index in [0.29, 0.717) is 11.4 Å². The number of hydrogen-bond acceptors (Lipinski definition) is 5. The second-order valence-electron chi connectivity index (χ2n) is 8.06. The fraction of sp³-hybridized carbons (Fsp3) is 0.522. The number of carbonyl (C=O) groups is 1. The van der Waals surface area contributed by atoms with Crippen molar-refractivity contribution in [2.45, 2.75) is 39.2 Å². The molecule has 6 heteroatoms. The molecule has 2 fully saturated rings. The average Bonchev–Trinajstić information content (AvgIpc) is 2.79. The predicted molar refractivity (Wildman–Crippen MR) is 116 cm³/mol. The van der Waals surface area contributed by atoms with Gasteiger partial charge in [0.2, 0.25) is 0 Å². The molecular weight excluding hydrogens is 362 g/mol. The molecule has 1 unspecified atom stereocenters. The number of nitrogens with zero attached hydrogens (tertiary/aromatic N) is 5. The molecule has 0 saturated carbocycles. The van der Waals surface area contributed by atoms with E-state index in [-0.39, 0.29) is 11.9 Å². The van der Waals surface area contributed by atoms with Gasteiger partial charge in [0.15, 0.2) is 5.82 Å². The van der Waals surface area contributed by atoms with Gasteiger partial charge in [-0.3, -0.25) is 4.79 Å². The van der Waals surface area contributed by atoms with Gasteiger partial charge in [0.1, 0.15) is 11.4 Å². The molecule has 1 atom stereocenters. The zero-order valence-corrected chi connectivity index (χ0v) is 17.5. The first kappa shape index (κ1) is 19.8. The van der Waals surface area contributed by atoms with Gasteiger partial charge in [0.05, 0.1) is 0 Å². The van der Waals surface area contributed by atoms with Crippen LogP contribution < -0.4 is 4.90 Å². The number of carbonyl (C=O) groups excluding carboxylic acids is 1. The number of hydrogen-bond donors (Lipinski definition) is 0. The number of aromatic nitrogens is 2. The number of likely N-dealkylation sites (N-methyl/N-ethyl adjacent to an activating group) is 1. The van der Waals surface area contributed by atoms with Crippen molar-refractivity contribution in [1.29, 1.82) is 0 Å². The second-order valence-corrected chi connectivity index (χ2v) is 8.06. The molecule has 2 saturated heterocycles. The van der Waals surface area contributed by atoms with Gasteiger partial charge in [-0.2, -0.15) is 0 Å². The van der Waals surface area contributed by atoms with Gasteiger partial charge in [-0.1, -0.05) is 37.3 Å². The van der Waals surface area contributed by atoms with E-state index in [4.69, 9.17) is 4.98 Å². The van der Waals surface area contributed by atoms with Crippen LogP contribution in [0, 0.1) is 0 Å². The van der Waals surface area contributed by atoms with E-state index in [2.05, 4.69) is 28.6 Å². The fourth-order valence-electron chi connectivity index (χ4n) is 4.32. The molecule has 0 bridgehead atoms. The van der Waals surface area contributed by atoms with E-state index in [1.807, 2.05) is 35.2 Å². The van der Waals surface area contributed by atoms with Crippen LogP contribution in [0.1, 0.15) is 43.5 Å². The van der Waals surface area contributed by atoms with E-state index in [9.17, 15) is 4.79 Å². The predicted octanol–water partition coefficient (Wildman–Crippen LogP) is 3.30. The first-order valence-electron chi connectivity index (χ1n) is 10.9. The van der Waals surface area contributed by atoms with Crippen LogP contribution >= 0.6 is 0 Å². The second kappa shape index (κ2) is 8.91. The Balaban J connectivity index is 1.69. The molecule has 2 aromatic rings. The summed E-state index contributed by atoms with van der Waals surface area (Å²) in [5.74, 6) is 1.55. The van der Waals surface area contributed by atoms with Crippen molar-refractivity contribution >= 4 is 11.7 Å². The maximum absolute atomic E-state index is 13.5. The van der Waals surface area contributed by atoms with E-state index in [1.165, 1.54) is 6.42 Å². The zero-order valence-electron chi connectivity index (χ0n) is 17.5. The van der Waals surface area contributed by atoms with Crippen LogP contribution in [0.2, 0.25) is 0 Å². The lowest BCUT2D eigenvalue weighted by atomic mass is 10.0. The average molecular weight is 394 g/mol. The molecule has 154 valence electrons. The summed E-state index contributed by atoms with van der Waals surface area (Å²) in [6, 6.07) is 10.3. The monoisotopic (exact) mass is 393 g/mol. The van der Waals surface area contributed by atoms with Crippen LogP contribution in [-0.4, -0.2) is 71.0 Å². The van der Waals surface area contributed by atoms with Crippen molar-refractivity contribution in [3.8, 4) is 11.4 Å². The molecule has 0 spiro atoms. The van der Waals surface area contributed by atoms with Crippen molar-refractivity contribution < 1.29 is 4.79 Å². The van der Waals surface area contributed by atoms with Crippen molar-refractivity contribution in [2.24, 2.45) is 0 Å². The summed E-state index contributed by atoms with van der Waals surface area (Å²) in [5.41, 5.74) is 1.62. The van der Waals surface area contributed by atoms with Gasteiger partial charge in [0.25, 0.3) is 5.91 Å². The Bertz CT molecular complexity index is 832. The maximum atomic E-state index is 13.5. The highest BCUT2D eigenvalue weighted by atomic mass is 16.2. The summed E-state index contributed by atoms with van der Waals surface area (Å²) < 4.78 is 0. The lowest BCUT2D eigenvalue weighted by Crippen LogP contribution is -2.48. The molecule has 0 aliphatic carbocycles. The van der Waals surface area contributed by atoms with E-state index >= 15 is 0 Å². The molecule has 2 aliphatic heterocycles. The Hall–Kier alpha value is -2.47. The normalized spacial score (nSPS) is 20.7. The van der Waals surface area contributed by atoms with Crippen molar-refractivity contribution in [3.05, 3.63) is 42.1 Å². The SMILES string of the molecule is CCN1CCN(c2nc(-c3ccccc3)ncc2C(=O)N2CCCCC2C)CC1. The highest BCUT2D eigenvalue weighted by Crippen LogP contribution is 2.27. The van der Waals surface area contributed by atoms with Crippen molar-refractivity contribution in [2.75, 3.05) is 44.2 Å². The Morgan fingerprint density at radius 3 is 2.52 bits per heavy atom. The third-order valence-electron chi connectivity index (χ3n) is 6.21. The van der Waals surface area contributed by atoms with Gasteiger partial charge >= 0.3 is 0 Å². The Morgan fingerprint density at radius 2 is 1.83 bits per heavy atom. The molecule has 4 rings (SSSR count). The Labute approximate surface area is 173 Å². The standard InChI is InChI=1S/C23H31N5O/c1-3-26-13-15-27(16-14-26)22-20(23(29)28-12-8-7-9-18(28)2)17-24-21(25-22)19-10-5-4-6-11-19/h4-6,10-11,17-18H,3,7-9,12-16H2,1-2H3. The summed E-state index contributed by atoms with van der Waals surface area (Å²) in [5, 5.41) is 0. The van der Waals surface area contributed by atoms with Gasteiger partial charge in [-0.05, 0) is 32.7 Å².